The Labute approximate surface area is 217 Å². The normalized spacial score (nSPS) is 11.0. The summed E-state index contributed by atoms with van der Waals surface area (Å²) < 4.78 is 5.75. The summed E-state index contributed by atoms with van der Waals surface area (Å²) >= 11 is 7.44. The summed E-state index contributed by atoms with van der Waals surface area (Å²) in [7, 11) is 1.70. The molecule has 6 heteroatoms. The van der Waals surface area contributed by atoms with E-state index in [1.807, 2.05) is 48.7 Å². The maximum Gasteiger partial charge on any atom is 1.00 e. The number of pyridine rings is 2. The molecule has 0 aliphatic heterocycles. The average Bonchev–Trinajstić information content (AvgIpc) is 2.69. The minimum Gasteiger partial charge on any atom is -0.777 e. The van der Waals surface area contributed by atoms with Crippen LogP contribution in [-0.2, 0) is 12.6 Å². The summed E-state index contributed by atoms with van der Waals surface area (Å²) in [6, 6.07) is 16.1. The fourth-order valence-electron chi connectivity index (χ4n) is 3.17. The Hall–Kier alpha value is -0.734. The topological polar surface area (TPSA) is 35.0 Å². The predicted octanol–water partition coefficient (Wildman–Crippen LogP) is 2.98. The molecule has 0 unspecified atom stereocenters. The Balaban J connectivity index is 0.00000225. The molecule has 0 spiro atoms. The van der Waals surface area contributed by atoms with Gasteiger partial charge in [-0.3, -0.25) is 9.97 Å². The number of nitrogens with zero attached hydrogens (tertiary/aromatic N) is 2. The molecule has 3 nitrogen and oxygen atoms in total. The van der Waals surface area contributed by atoms with E-state index >= 15 is 0 Å². The minimum absolute atomic E-state index is 0. The molecule has 0 saturated carbocycles. The molecule has 0 aliphatic rings. The van der Waals surface area contributed by atoms with Gasteiger partial charge in [0.1, 0.15) is 5.75 Å². The van der Waals surface area contributed by atoms with Gasteiger partial charge in [0.05, 0.1) is 23.0 Å². The van der Waals surface area contributed by atoms with Crippen molar-refractivity contribution < 1.29 is 56.1 Å². The molecule has 2 aromatic heterocycles. The molecule has 0 bridgehead atoms. The van der Waals surface area contributed by atoms with Gasteiger partial charge in [0, 0.05) is 27.6 Å². The Morgan fingerprint density at radius 2 is 1.61 bits per heavy atom. The van der Waals surface area contributed by atoms with Crippen LogP contribution in [0.3, 0.4) is 0 Å². The maximum absolute atomic E-state index is 5.83. The van der Waals surface area contributed by atoms with Crippen molar-refractivity contribution in [3.8, 4) is 5.75 Å². The standard InChI is InChI=1S/C22H20N2OS2.K/c1-13(2)19-21(26)22(15-9-5-7-11-17(15)24-19)27-18-12-23-16-10-6-4-8-14(16)20(18)25-3;/h4-13,26H,1-3H3;/q;+1/p-1. The second-order valence-corrected chi connectivity index (χ2v) is 8.06. The van der Waals surface area contributed by atoms with Crippen LogP contribution >= 0.6 is 11.8 Å². The van der Waals surface area contributed by atoms with Crippen LogP contribution in [0, 0.1) is 0 Å². The van der Waals surface area contributed by atoms with E-state index in [1.54, 1.807) is 18.9 Å². The molecule has 4 aromatic rings. The zero-order valence-corrected chi connectivity index (χ0v) is 21.1. The molecule has 0 N–H and O–H groups in total. The van der Waals surface area contributed by atoms with E-state index in [1.165, 1.54) is 0 Å². The van der Waals surface area contributed by atoms with Gasteiger partial charge in [-0.25, -0.2) is 0 Å². The summed E-state index contributed by atoms with van der Waals surface area (Å²) in [5.41, 5.74) is 2.84. The zero-order valence-electron chi connectivity index (χ0n) is 16.4. The summed E-state index contributed by atoms with van der Waals surface area (Å²) in [6.45, 7) is 4.25. The third-order valence-corrected chi connectivity index (χ3v) is 6.17. The zero-order chi connectivity index (χ0) is 19.0. The van der Waals surface area contributed by atoms with Gasteiger partial charge in [-0.1, -0.05) is 55.9 Å². The van der Waals surface area contributed by atoms with Crippen LogP contribution in [0.25, 0.3) is 21.8 Å². The fraction of sp³-hybridized carbons (Fsp3) is 0.182. The molecule has 0 atom stereocenters. The van der Waals surface area contributed by atoms with Gasteiger partial charge in [0.2, 0.25) is 0 Å². The number of rotatable bonds is 4. The van der Waals surface area contributed by atoms with E-state index < -0.39 is 0 Å². The molecule has 0 amide bonds. The van der Waals surface area contributed by atoms with Crippen LogP contribution in [0.1, 0.15) is 25.5 Å². The van der Waals surface area contributed by atoms with Gasteiger partial charge < -0.3 is 17.4 Å². The largest absolute Gasteiger partial charge is 1.00 e. The fourth-order valence-corrected chi connectivity index (χ4v) is 4.77. The van der Waals surface area contributed by atoms with Crippen LogP contribution < -0.4 is 56.1 Å². The summed E-state index contributed by atoms with van der Waals surface area (Å²) in [6.07, 6.45) is 1.87. The first-order valence-corrected chi connectivity index (χ1v) is 10.0. The number of fused-ring (bicyclic) bond motifs is 2. The predicted molar refractivity (Wildman–Crippen MR) is 114 cm³/mol. The van der Waals surface area contributed by atoms with Crippen molar-refractivity contribution in [3.05, 3.63) is 60.4 Å². The van der Waals surface area contributed by atoms with Crippen LogP contribution in [0.5, 0.6) is 5.75 Å². The number of methoxy groups -OCH3 is 1. The second-order valence-electron chi connectivity index (χ2n) is 6.60. The second kappa shape index (κ2) is 9.39. The number of benzene rings is 2. The SMILES string of the molecule is COc1c(Sc2c([S-])c(C(C)C)nc3ccccc23)cnc2ccccc12.[K+]. The molecule has 136 valence electrons. The van der Waals surface area contributed by atoms with Crippen LogP contribution in [0.15, 0.2) is 69.4 Å². The summed E-state index contributed by atoms with van der Waals surface area (Å²) in [5.74, 6) is 1.09. The first-order valence-electron chi connectivity index (χ1n) is 8.79. The number of para-hydroxylation sites is 2. The average molecular weight is 431 g/mol. The Morgan fingerprint density at radius 3 is 2.29 bits per heavy atom. The van der Waals surface area contributed by atoms with Crippen molar-refractivity contribution in [2.75, 3.05) is 7.11 Å². The van der Waals surface area contributed by atoms with Gasteiger partial charge in [-0.15, -0.1) is 4.90 Å². The van der Waals surface area contributed by atoms with Crippen molar-refractivity contribution in [3.63, 3.8) is 0 Å². The third kappa shape index (κ3) is 4.10. The molecule has 0 aliphatic carbocycles. The van der Waals surface area contributed by atoms with Crippen molar-refractivity contribution >= 4 is 46.2 Å². The van der Waals surface area contributed by atoms with E-state index in [2.05, 4.69) is 24.9 Å². The molecular weight excluding hydrogens is 411 g/mol. The van der Waals surface area contributed by atoms with Crippen molar-refractivity contribution in [1.29, 1.82) is 0 Å². The van der Waals surface area contributed by atoms with Crippen LogP contribution in [-0.4, -0.2) is 17.1 Å². The van der Waals surface area contributed by atoms with Gasteiger partial charge in [-0.2, -0.15) is 0 Å². The first kappa shape index (κ1) is 22.0. The van der Waals surface area contributed by atoms with Gasteiger partial charge in [0.15, 0.2) is 0 Å². The summed E-state index contributed by atoms with van der Waals surface area (Å²) in [5, 5.41) is 2.06. The Morgan fingerprint density at radius 1 is 0.964 bits per heavy atom. The first-order chi connectivity index (χ1) is 13.1. The molecule has 0 saturated heterocycles. The van der Waals surface area contributed by atoms with E-state index in [0.29, 0.717) is 0 Å². The number of hydrogen-bond donors (Lipinski definition) is 0. The van der Waals surface area contributed by atoms with Gasteiger partial charge in [-0.05, 0) is 24.1 Å². The summed E-state index contributed by atoms with van der Waals surface area (Å²) in [4.78, 5) is 12.2. The van der Waals surface area contributed by atoms with Crippen LogP contribution in [0.4, 0.5) is 0 Å². The molecule has 0 fully saturated rings. The molecule has 0 radical (unpaired) electrons. The third-order valence-electron chi connectivity index (χ3n) is 4.48. The van der Waals surface area contributed by atoms with E-state index in [9.17, 15) is 0 Å². The van der Waals surface area contributed by atoms with Gasteiger partial charge >= 0.3 is 51.4 Å². The molecular formula is C22H19KN2OS2. The number of aromatic nitrogens is 2. The minimum atomic E-state index is 0. The Bertz CT molecular complexity index is 1150. The molecule has 4 rings (SSSR count). The van der Waals surface area contributed by atoms with E-state index in [0.717, 1.165) is 47.9 Å². The number of ether oxygens (including phenoxy) is 1. The number of hydrogen-bond acceptors (Lipinski definition) is 5. The van der Waals surface area contributed by atoms with Crippen LogP contribution in [0.2, 0.25) is 0 Å². The van der Waals surface area contributed by atoms with E-state index in [-0.39, 0.29) is 57.3 Å². The van der Waals surface area contributed by atoms with Crippen molar-refractivity contribution in [1.82, 2.24) is 9.97 Å². The Kier molecular flexibility index (Phi) is 7.36. The van der Waals surface area contributed by atoms with Crippen molar-refractivity contribution in [2.45, 2.75) is 34.5 Å². The molecule has 2 aromatic carbocycles. The monoisotopic (exact) mass is 430 g/mol. The quantitative estimate of drug-likeness (QED) is 0.367. The van der Waals surface area contributed by atoms with Crippen molar-refractivity contribution in [2.24, 2.45) is 0 Å². The van der Waals surface area contributed by atoms with Gasteiger partial charge in [0.25, 0.3) is 0 Å². The molecule has 2 heterocycles. The smallest absolute Gasteiger partial charge is 0.777 e. The molecule has 28 heavy (non-hydrogen) atoms. The maximum atomic E-state index is 5.83. The van der Waals surface area contributed by atoms with E-state index in [4.69, 9.17) is 22.3 Å².